The Morgan fingerprint density at radius 1 is 1.41 bits per heavy atom. The molecule has 0 spiro atoms. The number of ether oxygens (including phenoxy) is 1. The number of benzene rings is 1. The average molecular weight is 319 g/mol. The number of nitrogens with zero attached hydrogens (tertiary/aromatic N) is 2. The molecule has 114 valence electrons. The first-order valence-corrected chi connectivity index (χ1v) is 7.26. The molecule has 22 heavy (non-hydrogen) atoms. The zero-order valence-electron chi connectivity index (χ0n) is 11.8. The Kier molecular flexibility index (Phi) is 4.33. The summed E-state index contributed by atoms with van der Waals surface area (Å²) in [4.78, 5) is 19.2. The highest BCUT2D eigenvalue weighted by Crippen LogP contribution is 2.27. The van der Waals surface area contributed by atoms with Crippen LogP contribution < -0.4 is 11.1 Å². The van der Waals surface area contributed by atoms with Gasteiger partial charge in [0.15, 0.2) is 0 Å². The highest BCUT2D eigenvalue weighted by atomic mass is 35.5. The number of nitrogens with two attached hydrogens (primary N) is 1. The SMILES string of the molecule is NC(=O)c1nccc(-c2cc(Cl)cc(C3COCCN3)c2)n1. The second kappa shape index (κ2) is 6.39. The molecule has 1 fully saturated rings. The van der Waals surface area contributed by atoms with E-state index in [9.17, 15) is 4.79 Å². The highest BCUT2D eigenvalue weighted by molar-refractivity contribution is 6.31. The predicted molar refractivity (Wildman–Crippen MR) is 82.6 cm³/mol. The molecule has 0 saturated carbocycles. The number of carbonyl (C=O) groups is 1. The molecule has 0 bridgehead atoms. The minimum atomic E-state index is -0.661. The van der Waals surface area contributed by atoms with Crippen LogP contribution in [0.4, 0.5) is 0 Å². The van der Waals surface area contributed by atoms with Crippen molar-refractivity contribution in [1.82, 2.24) is 15.3 Å². The molecule has 1 aromatic carbocycles. The Morgan fingerprint density at radius 2 is 2.27 bits per heavy atom. The van der Waals surface area contributed by atoms with E-state index >= 15 is 0 Å². The van der Waals surface area contributed by atoms with Crippen molar-refractivity contribution in [2.75, 3.05) is 19.8 Å². The molecule has 1 aromatic heterocycles. The number of hydrogen-bond acceptors (Lipinski definition) is 5. The van der Waals surface area contributed by atoms with Gasteiger partial charge < -0.3 is 15.8 Å². The van der Waals surface area contributed by atoms with E-state index in [1.54, 1.807) is 12.1 Å². The third-order valence-corrected chi connectivity index (χ3v) is 3.63. The maximum absolute atomic E-state index is 11.2. The number of carbonyl (C=O) groups excluding carboxylic acids is 1. The Labute approximate surface area is 132 Å². The summed E-state index contributed by atoms with van der Waals surface area (Å²) in [6, 6.07) is 7.47. The number of aromatic nitrogens is 2. The van der Waals surface area contributed by atoms with Gasteiger partial charge in [0.25, 0.3) is 5.91 Å². The molecule has 1 aliphatic heterocycles. The summed E-state index contributed by atoms with van der Waals surface area (Å²) < 4.78 is 5.48. The van der Waals surface area contributed by atoms with Crippen LogP contribution in [0.3, 0.4) is 0 Å². The fourth-order valence-electron chi connectivity index (χ4n) is 2.38. The molecule has 1 saturated heterocycles. The number of primary amides is 1. The molecule has 1 unspecified atom stereocenters. The van der Waals surface area contributed by atoms with E-state index < -0.39 is 5.91 Å². The first-order valence-electron chi connectivity index (χ1n) is 6.88. The van der Waals surface area contributed by atoms with Crippen molar-refractivity contribution in [3.8, 4) is 11.3 Å². The van der Waals surface area contributed by atoms with Crippen molar-refractivity contribution >= 4 is 17.5 Å². The summed E-state index contributed by atoms with van der Waals surface area (Å²) in [5, 5.41) is 3.98. The number of halogens is 1. The van der Waals surface area contributed by atoms with E-state index in [2.05, 4.69) is 15.3 Å². The zero-order valence-corrected chi connectivity index (χ0v) is 12.5. The van der Waals surface area contributed by atoms with Crippen LogP contribution >= 0.6 is 11.6 Å². The molecule has 1 aliphatic rings. The van der Waals surface area contributed by atoms with Crippen LogP contribution in [0.2, 0.25) is 5.02 Å². The number of amides is 1. The van der Waals surface area contributed by atoms with Crippen molar-refractivity contribution in [2.45, 2.75) is 6.04 Å². The molecule has 6 nitrogen and oxygen atoms in total. The molecule has 3 rings (SSSR count). The van der Waals surface area contributed by atoms with Gasteiger partial charge in [-0.05, 0) is 29.8 Å². The van der Waals surface area contributed by atoms with Crippen LogP contribution in [0, 0.1) is 0 Å². The normalized spacial score (nSPS) is 18.1. The molecule has 2 heterocycles. The minimum absolute atomic E-state index is 0.0156. The van der Waals surface area contributed by atoms with Crippen LogP contribution in [0.25, 0.3) is 11.3 Å². The van der Waals surface area contributed by atoms with Crippen LogP contribution in [-0.2, 0) is 4.74 Å². The molecular formula is C15H15ClN4O2. The van der Waals surface area contributed by atoms with Crippen LogP contribution in [0.15, 0.2) is 30.5 Å². The van der Waals surface area contributed by atoms with Crippen molar-refractivity contribution in [3.63, 3.8) is 0 Å². The standard InChI is InChI=1S/C15H15ClN4O2/c16-11-6-9(12-1-2-19-15(20-12)14(17)21)5-10(7-11)13-8-22-4-3-18-13/h1-2,5-7,13,18H,3-4,8H2,(H2,17,21). The van der Waals surface area contributed by atoms with E-state index in [4.69, 9.17) is 22.1 Å². The van der Waals surface area contributed by atoms with Gasteiger partial charge in [-0.2, -0.15) is 0 Å². The van der Waals surface area contributed by atoms with Gasteiger partial charge in [0.2, 0.25) is 5.82 Å². The summed E-state index contributed by atoms with van der Waals surface area (Å²) in [6.07, 6.45) is 1.50. The zero-order chi connectivity index (χ0) is 15.5. The summed E-state index contributed by atoms with van der Waals surface area (Å²) in [6.45, 7) is 2.10. The van der Waals surface area contributed by atoms with E-state index in [-0.39, 0.29) is 11.9 Å². The van der Waals surface area contributed by atoms with Crippen LogP contribution in [0.1, 0.15) is 22.2 Å². The maximum atomic E-state index is 11.2. The van der Waals surface area contributed by atoms with Crippen LogP contribution in [0.5, 0.6) is 0 Å². The van der Waals surface area contributed by atoms with Gasteiger partial charge in [-0.25, -0.2) is 9.97 Å². The quantitative estimate of drug-likeness (QED) is 0.896. The third kappa shape index (κ3) is 3.24. The second-order valence-corrected chi connectivity index (χ2v) is 5.42. The Morgan fingerprint density at radius 3 is 3.00 bits per heavy atom. The summed E-state index contributed by atoms with van der Waals surface area (Å²) in [7, 11) is 0. The third-order valence-electron chi connectivity index (χ3n) is 3.42. The van der Waals surface area contributed by atoms with Gasteiger partial charge in [-0.15, -0.1) is 0 Å². The summed E-state index contributed by atoms with van der Waals surface area (Å²) >= 11 is 6.22. The predicted octanol–water partition coefficient (Wildman–Crippen LogP) is 1.56. The molecule has 3 N–H and O–H groups in total. The number of nitrogens with one attached hydrogen (secondary N) is 1. The molecule has 0 aliphatic carbocycles. The van der Waals surface area contributed by atoms with Gasteiger partial charge in [-0.3, -0.25) is 4.79 Å². The molecule has 1 atom stereocenters. The van der Waals surface area contributed by atoms with Crippen LogP contribution in [-0.4, -0.2) is 35.6 Å². The minimum Gasteiger partial charge on any atom is -0.378 e. The molecule has 7 heteroatoms. The van der Waals surface area contributed by atoms with Gasteiger partial charge in [-0.1, -0.05) is 11.6 Å². The number of hydrogen-bond donors (Lipinski definition) is 2. The smallest absolute Gasteiger partial charge is 0.286 e. The van der Waals surface area contributed by atoms with E-state index in [1.165, 1.54) is 6.20 Å². The lowest BCUT2D eigenvalue weighted by Crippen LogP contribution is -2.34. The first kappa shape index (κ1) is 14.9. The fourth-order valence-corrected chi connectivity index (χ4v) is 2.62. The van der Waals surface area contributed by atoms with E-state index in [0.717, 1.165) is 17.7 Å². The van der Waals surface area contributed by atoms with Gasteiger partial charge in [0.1, 0.15) is 0 Å². The lowest BCUT2D eigenvalue weighted by atomic mass is 10.0. The van der Waals surface area contributed by atoms with E-state index in [0.29, 0.717) is 23.9 Å². The maximum Gasteiger partial charge on any atom is 0.286 e. The number of morpholine rings is 1. The Hall–Kier alpha value is -2.02. The molecular weight excluding hydrogens is 304 g/mol. The Bertz CT molecular complexity index is 702. The Balaban J connectivity index is 1.98. The average Bonchev–Trinajstić information content (AvgIpc) is 2.55. The molecule has 0 radical (unpaired) electrons. The second-order valence-electron chi connectivity index (χ2n) is 4.98. The topological polar surface area (TPSA) is 90.1 Å². The van der Waals surface area contributed by atoms with Crippen molar-refractivity contribution in [2.24, 2.45) is 5.73 Å². The summed E-state index contributed by atoms with van der Waals surface area (Å²) in [5.74, 6) is -0.676. The first-order chi connectivity index (χ1) is 10.6. The van der Waals surface area contributed by atoms with Crippen molar-refractivity contribution < 1.29 is 9.53 Å². The number of rotatable bonds is 3. The molecule has 2 aromatic rings. The van der Waals surface area contributed by atoms with Gasteiger partial charge in [0, 0.05) is 23.3 Å². The van der Waals surface area contributed by atoms with Gasteiger partial charge >= 0.3 is 0 Å². The molecule has 1 amide bonds. The monoisotopic (exact) mass is 318 g/mol. The lowest BCUT2D eigenvalue weighted by molar-refractivity contribution is 0.0769. The van der Waals surface area contributed by atoms with E-state index in [1.807, 2.05) is 12.1 Å². The summed E-state index contributed by atoms with van der Waals surface area (Å²) in [5.41, 5.74) is 7.64. The van der Waals surface area contributed by atoms with Crippen molar-refractivity contribution in [3.05, 3.63) is 46.9 Å². The fraction of sp³-hybridized carbons (Fsp3) is 0.267. The highest BCUT2D eigenvalue weighted by Gasteiger charge is 2.17. The van der Waals surface area contributed by atoms with Crippen molar-refractivity contribution in [1.29, 1.82) is 0 Å². The largest absolute Gasteiger partial charge is 0.378 e. The lowest BCUT2D eigenvalue weighted by Gasteiger charge is -2.24. The van der Waals surface area contributed by atoms with Gasteiger partial charge in [0.05, 0.1) is 24.9 Å².